The van der Waals surface area contributed by atoms with Crippen LogP contribution in [0.3, 0.4) is 0 Å². The third-order valence-electron chi connectivity index (χ3n) is 4.78. The maximum absolute atomic E-state index is 11.3. The Morgan fingerprint density at radius 3 is 3.00 bits per heavy atom. The Balaban J connectivity index is 1.39. The van der Waals surface area contributed by atoms with Gasteiger partial charge >= 0.3 is 0 Å². The highest BCUT2D eigenvalue weighted by molar-refractivity contribution is 6.11. The van der Waals surface area contributed by atoms with E-state index in [9.17, 15) is 4.79 Å². The van der Waals surface area contributed by atoms with E-state index in [0.29, 0.717) is 5.82 Å². The van der Waals surface area contributed by atoms with Crippen LogP contribution in [0.15, 0.2) is 47.1 Å². The fraction of sp³-hybridized carbons (Fsp3) is 0.421. The number of carbonyl (C=O) groups is 1. The van der Waals surface area contributed by atoms with E-state index in [1.807, 2.05) is 29.2 Å². The molecule has 1 unspecified atom stereocenters. The number of fused-ring (bicyclic) bond motifs is 1. The van der Waals surface area contributed by atoms with Gasteiger partial charge in [-0.1, -0.05) is 0 Å². The van der Waals surface area contributed by atoms with Gasteiger partial charge in [-0.3, -0.25) is 19.4 Å². The van der Waals surface area contributed by atoms with Gasteiger partial charge in [0.1, 0.15) is 5.82 Å². The van der Waals surface area contributed by atoms with Crippen LogP contribution < -0.4 is 10.6 Å². The predicted octanol–water partition coefficient (Wildman–Crippen LogP) is 0.516. The maximum Gasteiger partial charge on any atom is 0.222 e. The van der Waals surface area contributed by atoms with Crippen LogP contribution in [0.1, 0.15) is 12.5 Å². The molecule has 2 N–H and O–H groups in total. The molecule has 0 spiro atoms. The van der Waals surface area contributed by atoms with Crippen molar-refractivity contribution in [2.75, 3.05) is 32.8 Å². The lowest BCUT2D eigenvalue weighted by atomic mass is 10.0. The molecule has 0 aromatic carbocycles. The van der Waals surface area contributed by atoms with Crippen LogP contribution in [0.4, 0.5) is 0 Å². The molecule has 0 saturated carbocycles. The van der Waals surface area contributed by atoms with Gasteiger partial charge in [0.2, 0.25) is 5.91 Å². The van der Waals surface area contributed by atoms with Crippen molar-refractivity contribution in [1.29, 1.82) is 0 Å². The highest BCUT2D eigenvalue weighted by atomic mass is 16.5. The summed E-state index contributed by atoms with van der Waals surface area (Å²) >= 11 is 0. The topological polar surface area (TPSA) is 83.8 Å². The Hall–Kier alpha value is -2.71. The van der Waals surface area contributed by atoms with Gasteiger partial charge in [-0.2, -0.15) is 5.10 Å². The largest absolute Gasteiger partial charge is 0.379 e. The highest BCUT2D eigenvalue weighted by Gasteiger charge is 2.21. The van der Waals surface area contributed by atoms with Crippen LogP contribution in [0.2, 0.25) is 0 Å². The number of dihydropyridines is 2. The van der Waals surface area contributed by atoms with E-state index in [0.717, 1.165) is 56.2 Å². The summed E-state index contributed by atoms with van der Waals surface area (Å²) in [5, 5.41) is 10.6. The summed E-state index contributed by atoms with van der Waals surface area (Å²) in [6, 6.07) is -0.0615. The van der Waals surface area contributed by atoms with Gasteiger partial charge in [0.05, 0.1) is 37.7 Å². The van der Waals surface area contributed by atoms with Gasteiger partial charge in [0, 0.05) is 50.1 Å². The molecule has 1 amide bonds. The fourth-order valence-electron chi connectivity index (χ4n) is 3.32. The van der Waals surface area contributed by atoms with Crippen LogP contribution in [0.25, 0.3) is 5.57 Å². The minimum Gasteiger partial charge on any atom is -0.379 e. The zero-order valence-electron chi connectivity index (χ0n) is 15.4. The first-order valence-corrected chi connectivity index (χ1v) is 9.22. The Bertz CT molecular complexity index is 829. The van der Waals surface area contributed by atoms with Crippen molar-refractivity contribution >= 4 is 17.7 Å². The second-order valence-corrected chi connectivity index (χ2v) is 6.80. The summed E-state index contributed by atoms with van der Waals surface area (Å²) in [7, 11) is 0. The second kappa shape index (κ2) is 7.89. The summed E-state index contributed by atoms with van der Waals surface area (Å²) < 4.78 is 7.36. The lowest BCUT2D eigenvalue weighted by Gasteiger charge is -2.26. The second-order valence-electron chi connectivity index (χ2n) is 6.80. The molecule has 3 aliphatic rings. The molecule has 0 aliphatic carbocycles. The van der Waals surface area contributed by atoms with E-state index in [4.69, 9.17) is 4.74 Å². The molecule has 0 bridgehead atoms. The predicted molar refractivity (Wildman–Crippen MR) is 103 cm³/mol. The molecule has 4 heterocycles. The summed E-state index contributed by atoms with van der Waals surface area (Å²) in [6.45, 7) is 6.91. The van der Waals surface area contributed by atoms with Gasteiger partial charge < -0.3 is 15.4 Å². The van der Waals surface area contributed by atoms with Gasteiger partial charge in [-0.25, -0.2) is 0 Å². The Morgan fingerprint density at radius 2 is 2.19 bits per heavy atom. The smallest absolute Gasteiger partial charge is 0.222 e. The molecule has 1 aromatic heterocycles. The monoisotopic (exact) mass is 368 g/mol. The average Bonchev–Trinajstić information content (AvgIpc) is 3.15. The van der Waals surface area contributed by atoms with Gasteiger partial charge in [-0.05, 0) is 18.2 Å². The molecule has 8 nitrogen and oxygen atoms in total. The molecule has 1 atom stereocenters. The summed E-state index contributed by atoms with van der Waals surface area (Å²) in [4.78, 5) is 18.2. The van der Waals surface area contributed by atoms with E-state index >= 15 is 0 Å². The van der Waals surface area contributed by atoms with Crippen molar-refractivity contribution in [2.24, 2.45) is 4.99 Å². The van der Waals surface area contributed by atoms with E-state index in [1.165, 1.54) is 6.92 Å². The Labute approximate surface area is 158 Å². The molecule has 3 aliphatic heterocycles. The quantitative estimate of drug-likeness (QED) is 0.792. The zero-order valence-corrected chi connectivity index (χ0v) is 15.4. The van der Waals surface area contributed by atoms with E-state index in [1.54, 1.807) is 0 Å². The van der Waals surface area contributed by atoms with E-state index < -0.39 is 0 Å². The number of hydrogen-bond acceptors (Lipinski definition) is 6. The first kappa shape index (κ1) is 17.7. The number of nitrogens with one attached hydrogen (secondary N) is 2. The number of morpholine rings is 1. The summed E-state index contributed by atoms with van der Waals surface area (Å²) in [6.07, 6.45) is 11.6. The number of amides is 1. The van der Waals surface area contributed by atoms with Crippen molar-refractivity contribution in [3.63, 3.8) is 0 Å². The summed E-state index contributed by atoms with van der Waals surface area (Å²) in [5.41, 5.74) is 2.98. The van der Waals surface area contributed by atoms with Crippen molar-refractivity contribution in [1.82, 2.24) is 25.3 Å². The van der Waals surface area contributed by atoms with Crippen molar-refractivity contribution in [3.8, 4) is 0 Å². The Morgan fingerprint density at radius 1 is 1.33 bits per heavy atom. The van der Waals surface area contributed by atoms with Crippen LogP contribution >= 0.6 is 0 Å². The molecule has 1 aromatic rings. The van der Waals surface area contributed by atoms with Crippen LogP contribution in [0.5, 0.6) is 0 Å². The molecule has 0 radical (unpaired) electrons. The van der Waals surface area contributed by atoms with Crippen molar-refractivity contribution in [3.05, 3.63) is 47.7 Å². The number of aliphatic imine (C=N–C) groups is 1. The normalized spacial score (nSPS) is 22.3. The fourth-order valence-corrected chi connectivity index (χ4v) is 3.32. The number of ether oxygens (including phenoxy) is 1. The van der Waals surface area contributed by atoms with Crippen LogP contribution in [-0.2, 0) is 16.1 Å². The number of aromatic nitrogens is 2. The number of carbonyl (C=O) groups excluding carboxylic acids is 1. The lowest BCUT2D eigenvalue weighted by Crippen LogP contribution is -2.39. The van der Waals surface area contributed by atoms with Crippen molar-refractivity contribution in [2.45, 2.75) is 19.5 Å². The first-order chi connectivity index (χ1) is 13.2. The number of hydrogen-bond donors (Lipinski definition) is 2. The molecule has 27 heavy (non-hydrogen) atoms. The third-order valence-corrected chi connectivity index (χ3v) is 4.78. The molecule has 1 fully saturated rings. The molecular formula is C19H24N6O2. The van der Waals surface area contributed by atoms with E-state index in [-0.39, 0.29) is 11.9 Å². The first-order valence-electron chi connectivity index (χ1n) is 9.22. The number of rotatable bonds is 5. The molecule has 4 rings (SSSR count). The van der Waals surface area contributed by atoms with Crippen molar-refractivity contribution < 1.29 is 9.53 Å². The van der Waals surface area contributed by atoms with Gasteiger partial charge in [-0.15, -0.1) is 0 Å². The summed E-state index contributed by atoms with van der Waals surface area (Å²) in [5.74, 6) is 0.584. The molecule has 1 saturated heterocycles. The number of allylic oxidation sites excluding steroid dienone is 3. The van der Waals surface area contributed by atoms with E-state index in [2.05, 4.69) is 37.9 Å². The lowest BCUT2D eigenvalue weighted by molar-refractivity contribution is -0.118. The SMILES string of the molecule is CC(=O)NC1=CC=C2N=CC(c3cnn(CCN4CCOCC4)c3)=CC2N1. The molecular weight excluding hydrogens is 344 g/mol. The zero-order chi connectivity index (χ0) is 18.6. The minimum atomic E-state index is -0.101. The Kier molecular flexibility index (Phi) is 5.17. The van der Waals surface area contributed by atoms with Gasteiger partial charge in [0.25, 0.3) is 0 Å². The minimum absolute atomic E-state index is 0.0615. The molecule has 142 valence electrons. The average molecular weight is 368 g/mol. The van der Waals surface area contributed by atoms with Gasteiger partial charge in [0.15, 0.2) is 0 Å². The highest BCUT2D eigenvalue weighted by Crippen LogP contribution is 2.23. The maximum atomic E-state index is 11.3. The molecule has 8 heteroatoms. The van der Waals surface area contributed by atoms with Crippen LogP contribution in [-0.4, -0.2) is 65.7 Å². The van der Waals surface area contributed by atoms with Crippen LogP contribution in [0, 0.1) is 0 Å². The standard InChI is InChI=1S/C19H24N6O2/c1-14(26)22-19-3-2-17-18(23-19)10-15(11-20-17)16-12-21-25(13-16)5-4-24-6-8-27-9-7-24/h2-3,10-13,18,23H,4-9H2,1H3,(H,22,26). The third kappa shape index (κ3) is 4.35. The number of nitrogens with zero attached hydrogens (tertiary/aromatic N) is 4.